The topological polar surface area (TPSA) is 70.5 Å². The van der Waals surface area contributed by atoms with Crippen molar-refractivity contribution in [3.05, 3.63) is 22.4 Å². The number of sulfonamides is 1. The zero-order valence-electron chi connectivity index (χ0n) is 10.1. The second-order valence-electron chi connectivity index (χ2n) is 4.50. The van der Waals surface area contributed by atoms with Gasteiger partial charge in [0.25, 0.3) is 0 Å². The van der Waals surface area contributed by atoms with Gasteiger partial charge >= 0.3 is 0 Å². The fraction of sp³-hybridized carbons (Fsp3) is 0.545. The molecule has 0 bridgehead atoms. The largest absolute Gasteiger partial charge is 0.396 e. The number of hydrogen-bond donors (Lipinski definition) is 1. The average Bonchev–Trinajstić information content (AvgIpc) is 2.41. The molecular formula is C11H14Cl2N2O3S. The fourth-order valence-corrected chi connectivity index (χ4v) is 3.95. The Morgan fingerprint density at radius 1 is 1.47 bits per heavy atom. The molecule has 0 amide bonds. The van der Waals surface area contributed by atoms with Gasteiger partial charge in [0.15, 0.2) is 0 Å². The molecule has 8 heteroatoms. The Morgan fingerprint density at radius 3 is 2.84 bits per heavy atom. The van der Waals surface area contributed by atoms with Crippen LogP contribution in [0.5, 0.6) is 0 Å². The van der Waals surface area contributed by atoms with Crippen molar-refractivity contribution in [1.82, 2.24) is 9.29 Å². The van der Waals surface area contributed by atoms with E-state index in [-0.39, 0.29) is 27.6 Å². The molecule has 5 nitrogen and oxygen atoms in total. The lowest BCUT2D eigenvalue weighted by atomic mass is 10.0. The van der Waals surface area contributed by atoms with Crippen molar-refractivity contribution in [2.75, 3.05) is 19.7 Å². The highest BCUT2D eigenvalue weighted by Gasteiger charge is 2.30. The summed E-state index contributed by atoms with van der Waals surface area (Å²) < 4.78 is 26.2. The molecule has 1 atom stereocenters. The summed E-state index contributed by atoms with van der Waals surface area (Å²) in [5.41, 5.74) is 0. The molecule has 1 aliphatic heterocycles. The number of piperidine rings is 1. The zero-order chi connectivity index (χ0) is 14.0. The summed E-state index contributed by atoms with van der Waals surface area (Å²) in [6.07, 6.45) is 2.77. The van der Waals surface area contributed by atoms with Crippen molar-refractivity contribution < 1.29 is 13.5 Å². The van der Waals surface area contributed by atoms with E-state index in [1.807, 2.05) is 0 Å². The molecule has 2 heterocycles. The van der Waals surface area contributed by atoms with Crippen LogP contribution in [-0.2, 0) is 10.0 Å². The predicted molar refractivity (Wildman–Crippen MR) is 72.8 cm³/mol. The third-order valence-electron chi connectivity index (χ3n) is 3.15. The number of hydrogen-bond acceptors (Lipinski definition) is 4. The van der Waals surface area contributed by atoms with Crippen molar-refractivity contribution in [3.63, 3.8) is 0 Å². The number of aliphatic hydroxyl groups excluding tert-OH is 1. The molecule has 1 fully saturated rings. The van der Waals surface area contributed by atoms with E-state index >= 15 is 0 Å². The van der Waals surface area contributed by atoms with E-state index in [1.54, 1.807) is 0 Å². The summed E-state index contributed by atoms with van der Waals surface area (Å²) in [5.74, 6) is -0.0146. The number of rotatable bonds is 3. The highest BCUT2D eigenvalue weighted by atomic mass is 35.5. The van der Waals surface area contributed by atoms with Crippen molar-refractivity contribution >= 4 is 33.2 Å². The van der Waals surface area contributed by atoms with Crippen LogP contribution >= 0.6 is 23.2 Å². The Bertz CT molecular complexity index is 565. The van der Waals surface area contributed by atoms with Gasteiger partial charge in [-0.3, -0.25) is 0 Å². The van der Waals surface area contributed by atoms with Gasteiger partial charge in [-0.25, -0.2) is 13.4 Å². The van der Waals surface area contributed by atoms with Crippen LogP contribution in [0, 0.1) is 5.92 Å². The first-order chi connectivity index (χ1) is 8.95. The molecule has 1 aliphatic rings. The molecule has 0 radical (unpaired) electrons. The molecule has 0 saturated carbocycles. The Morgan fingerprint density at radius 2 is 2.21 bits per heavy atom. The van der Waals surface area contributed by atoms with Crippen molar-refractivity contribution in [2.45, 2.75) is 17.7 Å². The minimum Gasteiger partial charge on any atom is -0.396 e. The van der Waals surface area contributed by atoms with Crippen LogP contribution in [0.15, 0.2) is 17.2 Å². The first-order valence-corrected chi connectivity index (χ1v) is 8.07. The Labute approximate surface area is 122 Å². The molecule has 0 aliphatic carbocycles. The minimum atomic E-state index is -3.63. The number of pyridine rings is 1. The van der Waals surface area contributed by atoms with E-state index in [0.29, 0.717) is 13.1 Å². The van der Waals surface area contributed by atoms with E-state index < -0.39 is 10.0 Å². The van der Waals surface area contributed by atoms with Crippen molar-refractivity contribution in [3.8, 4) is 0 Å². The number of nitrogens with zero attached hydrogens (tertiary/aromatic N) is 2. The van der Waals surface area contributed by atoms with Gasteiger partial charge in [0.1, 0.15) is 10.0 Å². The molecule has 2 rings (SSSR count). The maximum absolute atomic E-state index is 12.4. The van der Waals surface area contributed by atoms with E-state index in [0.717, 1.165) is 12.8 Å². The number of aliphatic hydroxyl groups is 1. The molecule has 1 aromatic heterocycles. The van der Waals surface area contributed by atoms with E-state index in [9.17, 15) is 8.42 Å². The van der Waals surface area contributed by atoms with Gasteiger partial charge in [0, 0.05) is 25.9 Å². The van der Waals surface area contributed by atoms with Crippen LogP contribution in [0.4, 0.5) is 0 Å². The van der Waals surface area contributed by atoms with Crippen LogP contribution in [0.1, 0.15) is 12.8 Å². The molecule has 1 unspecified atom stereocenters. The first kappa shape index (κ1) is 15.0. The fourth-order valence-electron chi connectivity index (χ4n) is 2.09. The lowest BCUT2D eigenvalue weighted by Gasteiger charge is -2.30. The maximum atomic E-state index is 12.4. The second kappa shape index (κ2) is 5.93. The van der Waals surface area contributed by atoms with E-state index in [2.05, 4.69) is 4.98 Å². The van der Waals surface area contributed by atoms with Crippen molar-refractivity contribution in [2.24, 2.45) is 5.92 Å². The quantitative estimate of drug-likeness (QED) is 0.860. The summed E-state index contributed by atoms with van der Waals surface area (Å²) in [6, 6.07) is 1.30. The highest BCUT2D eigenvalue weighted by Crippen LogP contribution is 2.27. The second-order valence-corrected chi connectivity index (χ2v) is 7.20. The number of halogens is 2. The molecular weight excluding hydrogens is 311 g/mol. The summed E-state index contributed by atoms with van der Waals surface area (Å²) in [5, 5.41) is 9.34. The summed E-state index contributed by atoms with van der Waals surface area (Å²) >= 11 is 11.5. The summed E-state index contributed by atoms with van der Waals surface area (Å²) in [7, 11) is -3.63. The van der Waals surface area contributed by atoms with Gasteiger partial charge in [-0.15, -0.1) is 0 Å². The lowest BCUT2D eigenvalue weighted by molar-refractivity contribution is 0.165. The van der Waals surface area contributed by atoms with E-state index in [1.165, 1.54) is 16.6 Å². The third-order valence-corrected chi connectivity index (χ3v) is 5.67. The van der Waals surface area contributed by atoms with Gasteiger partial charge in [0.05, 0.1) is 5.02 Å². The lowest BCUT2D eigenvalue weighted by Crippen LogP contribution is -2.40. The zero-order valence-corrected chi connectivity index (χ0v) is 12.4. The average molecular weight is 325 g/mol. The smallest absolute Gasteiger partial charge is 0.244 e. The van der Waals surface area contributed by atoms with E-state index in [4.69, 9.17) is 28.3 Å². The molecule has 1 aromatic rings. The van der Waals surface area contributed by atoms with Gasteiger partial charge in [-0.05, 0) is 24.8 Å². The van der Waals surface area contributed by atoms with Crippen LogP contribution in [0.25, 0.3) is 0 Å². The molecule has 0 spiro atoms. The molecule has 106 valence electrons. The SMILES string of the molecule is O=S(=O)(c1cnc(Cl)c(Cl)c1)N1CCCC(CO)C1. The Balaban J connectivity index is 2.28. The standard InChI is InChI=1S/C11H14Cl2N2O3S/c12-10-4-9(5-14-11(10)13)19(17,18)15-3-1-2-8(6-15)7-16/h4-5,8,16H,1-3,6-7H2. The first-order valence-electron chi connectivity index (χ1n) is 5.87. The van der Waals surface area contributed by atoms with Crippen molar-refractivity contribution in [1.29, 1.82) is 0 Å². The maximum Gasteiger partial charge on any atom is 0.244 e. The monoisotopic (exact) mass is 324 g/mol. The van der Waals surface area contributed by atoms with Crippen LogP contribution in [-0.4, -0.2) is 42.5 Å². The normalized spacial score (nSPS) is 21.5. The predicted octanol–water partition coefficient (Wildman–Crippen LogP) is 1.78. The van der Waals surface area contributed by atoms with Crippen LogP contribution in [0.3, 0.4) is 0 Å². The molecule has 0 aromatic carbocycles. The van der Waals surface area contributed by atoms with Crippen LogP contribution < -0.4 is 0 Å². The molecule has 1 saturated heterocycles. The third kappa shape index (κ3) is 3.20. The Kier molecular flexibility index (Phi) is 4.68. The van der Waals surface area contributed by atoms with Gasteiger partial charge in [-0.2, -0.15) is 4.31 Å². The molecule has 1 N–H and O–H groups in total. The summed E-state index contributed by atoms with van der Waals surface area (Å²) in [6.45, 7) is 0.754. The highest BCUT2D eigenvalue weighted by molar-refractivity contribution is 7.89. The minimum absolute atomic E-state index is 0.00829. The summed E-state index contributed by atoms with van der Waals surface area (Å²) in [4.78, 5) is 3.79. The number of aromatic nitrogens is 1. The molecule has 19 heavy (non-hydrogen) atoms. The van der Waals surface area contributed by atoms with Gasteiger partial charge in [-0.1, -0.05) is 23.2 Å². The Hall–Kier alpha value is -0.400. The van der Waals surface area contributed by atoms with Gasteiger partial charge < -0.3 is 5.11 Å². The van der Waals surface area contributed by atoms with Gasteiger partial charge in [0.2, 0.25) is 10.0 Å². The van der Waals surface area contributed by atoms with Crippen LogP contribution in [0.2, 0.25) is 10.2 Å².